The smallest absolute Gasteiger partial charge is 0.239 e. The first-order valence-corrected chi connectivity index (χ1v) is 6.21. The van der Waals surface area contributed by atoms with Gasteiger partial charge in [-0.05, 0) is 24.6 Å². The molecule has 0 spiro atoms. The Morgan fingerprint density at radius 3 is 3.00 bits per heavy atom. The summed E-state index contributed by atoms with van der Waals surface area (Å²) in [5.41, 5.74) is 7.11. The largest absolute Gasteiger partial charge is 0.399 e. The first-order chi connectivity index (χ1) is 9.20. The number of fused-ring (bicyclic) bond motifs is 1. The van der Waals surface area contributed by atoms with Crippen LogP contribution in [0.15, 0.2) is 24.5 Å². The number of nitrogens with one attached hydrogen (secondary N) is 2. The van der Waals surface area contributed by atoms with Crippen molar-refractivity contribution in [2.45, 2.75) is 13.3 Å². The summed E-state index contributed by atoms with van der Waals surface area (Å²) in [5.74, 6) is 0.584. The lowest BCUT2D eigenvalue weighted by atomic mass is 10.2. The summed E-state index contributed by atoms with van der Waals surface area (Å²) in [4.78, 5) is 19.8. The van der Waals surface area contributed by atoms with Crippen molar-refractivity contribution in [3.8, 4) is 0 Å². The number of amides is 1. The monoisotopic (exact) mass is 259 g/mol. The molecule has 1 aromatic heterocycles. The lowest BCUT2D eigenvalue weighted by Crippen LogP contribution is -2.30. The van der Waals surface area contributed by atoms with Crippen LogP contribution in [0, 0.1) is 0 Å². The first-order valence-electron chi connectivity index (χ1n) is 6.21. The number of carbonyl (C=O) groups excluding carboxylic acids is 1. The number of benzene rings is 1. The van der Waals surface area contributed by atoms with Crippen LogP contribution in [0.3, 0.4) is 0 Å². The number of hydrogen-bond acceptors (Lipinski definition) is 5. The minimum absolute atomic E-state index is 0.0518. The Morgan fingerprint density at radius 2 is 2.21 bits per heavy atom. The van der Waals surface area contributed by atoms with Gasteiger partial charge in [-0.3, -0.25) is 4.79 Å². The summed E-state index contributed by atoms with van der Waals surface area (Å²) in [6.45, 7) is 2.88. The van der Waals surface area contributed by atoms with Crippen molar-refractivity contribution < 1.29 is 4.79 Å². The molecular formula is C13H17N5O. The molecule has 0 aliphatic rings. The van der Waals surface area contributed by atoms with Gasteiger partial charge in [-0.2, -0.15) is 0 Å². The van der Waals surface area contributed by atoms with Gasteiger partial charge >= 0.3 is 0 Å². The Labute approximate surface area is 111 Å². The van der Waals surface area contributed by atoms with E-state index in [0.717, 1.165) is 17.3 Å². The molecule has 0 aliphatic heterocycles. The van der Waals surface area contributed by atoms with Gasteiger partial charge in [0, 0.05) is 17.6 Å². The number of nitrogen functional groups attached to an aromatic ring is 1. The second-order valence-corrected chi connectivity index (χ2v) is 4.20. The number of anilines is 2. The van der Waals surface area contributed by atoms with Crippen LogP contribution in [-0.4, -0.2) is 29.0 Å². The highest BCUT2D eigenvalue weighted by atomic mass is 16.1. The van der Waals surface area contributed by atoms with E-state index < -0.39 is 0 Å². The molecule has 0 saturated heterocycles. The lowest BCUT2D eigenvalue weighted by Gasteiger charge is -2.08. The highest BCUT2D eigenvalue weighted by Crippen LogP contribution is 2.20. The molecule has 1 heterocycles. The Kier molecular flexibility index (Phi) is 4.12. The Morgan fingerprint density at radius 1 is 1.37 bits per heavy atom. The molecule has 0 radical (unpaired) electrons. The summed E-state index contributed by atoms with van der Waals surface area (Å²) in [5, 5.41) is 6.65. The molecule has 1 aromatic carbocycles. The molecular weight excluding hydrogens is 242 g/mol. The van der Waals surface area contributed by atoms with Gasteiger partial charge in [0.1, 0.15) is 12.1 Å². The van der Waals surface area contributed by atoms with Crippen LogP contribution in [0.4, 0.5) is 11.5 Å². The molecule has 1 amide bonds. The number of carbonyl (C=O) groups is 1. The van der Waals surface area contributed by atoms with E-state index in [4.69, 9.17) is 5.73 Å². The normalized spacial score (nSPS) is 10.4. The highest BCUT2D eigenvalue weighted by Gasteiger charge is 2.05. The van der Waals surface area contributed by atoms with E-state index in [2.05, 4.69) is 20.6 Å². The maximum absolute atomic E-state index is 11.5. The molecule has 0 fully saturated rings. The van der Waals surface area contributed by atoms with Crippen LogP contribution >= 0.6 is 0 Å². The first kappa shape index (κ1) is 13.1. The van der Waals surface area contributed by atoms with E-state index in [9.17, 15) is 4.79 Å². The van der Waals surface area contributed by atoms with Crippen molar-refractivity contribution in [3.05, 3.63) is 24.5 Å². The standard InChI is InChI=1S/C13H17N5O/c1-2-5-15-12(19)7-16-13-10-4-3-9(14)6-11(10)17-8-18-13/h3-4,6,8H,2,5,7,14H2,1H3,(H,15,19)(H,16,17,18). The predicted molar refractivity (Wildman–Crippen MR) is 75.7 cm³/mol. The third-order valence-corrected chi connectivity index (χ3v) is 2.65. The number of nitrogens with zero attached hydrogens (tertiary/aromatic N) is 2. The third kappa shape index (κ3) is 3.31. The molecule has 2 aromatic rings. The van der Waals surface area contributed by atoms with Gasteiger partial charge in [-0.1, -0.05) is 6.92 Å². The summed E-state index contributed by atoms with van der Waals surface area (Å²) in [7, 11) is 0. The van der Waals surface area contributed by atoms with Crippen molar-refractivity contribution in [3.63, 3.8) is 0 Å². The fraction of sp³-hybridized carbons (Fsp3) is 0.308. The topological polar surface area (TPSA) is 92.9 Å². The van der Waals surface area contributed by atoms with Gasteiger partial charge in [0.25, 0.3) is 0 Å². The van der Waals surface area contributed by atoms with Crippen molar-refractivity contribution >= 4 is 28.3 Å². The molecule has 6 heteroatoms. The van der Waals surface area contributed by atoms with Crippen molar-refractivity contribution in [1.29, 1.82) is 0 Å². The van der Waals surface area contributed by atoms with Gasteiger partial charge < -0.3 is 16.4 Å². The van der Waals surface area contributed by atoms with E-state index >= 15 is 0 Å². The van der Waals surface area contributed by atoms with Crippen LogP contribution in [0.25, 0.3) is 10.9 Å². The van der Waals surface area contributed by atoms with Crippen molar-refractivity contribution in [2.75, 3.05) is 24.1 Å². The predicted octanol–water partition coefficient (Wildman–Crippen LogP) is 1.15. The van der Waals surface area contributed by atoms with E-state index in [1.54, 1.807) is 12.1 Å². The number of nitrogens with two attached hydrogens (primary N) is 1. The van der Waals surface area contributed by atoms with Crippen LogP contribution in [0.1, 0.15) is 13.3 Å². The molecule has 0 aliphatic carbocycles. The van der Waals surface area contributed by atoms with Gasteiger partial charge in [0.2, 0.25) is 5.91 Å². The minimum atomic E-state index is -0.0518. The van der Waals surface area contributed by atoms with E-state index in [1.807, 2.05) is 13.0 Å². The quantitative estimate of drug-likeness (QED) is 0.700. The van der Waals surface area contributed by atoms with Gasteiger partial charge in [-0.25, -0.2) is 9.97 Å². The van der Waals surface area contributed by atoms with Gasteiger partial charge in [-0.15, -0.1) is 0 Å². The summed E-state index contributed by atoms with van der Waals surface area (Å²) >= 11 is 0. The van der Waals surface area contributed by atoms with Crippen LogP contribution < -0.4 is 16.4 Å². The fourth-order valence-electron chi connectivity index (χ4n) is 1.71. The third-order valence-electron chi connectivity index (χ3n) is 2.65. The zero-order chi connectivity index (χ0) is 13.7. The van der Waals surface area contributed by atoms with E-state index in [1.165, 1.54) is 6.33 Å². The Balaban J connectivity index is 2.10. The van der Waals surface area contributed by atoms with Crippen LogP contribution in [-0.2, 0) is 4.79 Å². The summed E-state index contributed by atoms with van der Waals surface area (Å²) < 4.78 is 0. The lowest BCUT2D eigenvalue weighted by molar-refractivity contribution is -0.119. The molecule has 2 rings (SSSR count). The summed E-state index contributed by atoms with van der Waals surface area (Å²) in [6, 6.07) is 5.41. The zero-order valence-corrected chi connectivity index (χ0v) is 10.8. The van der Waals surface area contributed by atoms with Crippen LogP contribution in [0.5, 0.6) is 0 Å². The van der Waals surface area contributed by atoms with Crippen molar-refractivity contribution in [1.82, 2.24) is 15.3 Å². The molecule has 0 unspecified atom stereocenters. The zero-order valence-electron chi connectivity index (χ0n) is 10.8. The molecule has 6 nitrogen and oxygen atoms in total. The Bertz CT molecular complexity index is 584. The average Bonchev–Trinajstić information content (AvgIpc) is 2.42. The van der Waals surface area contributed by atoms with Gasteiger partial charge in [0.15, 0.2) is 0 Å². The summed E-state index contributed by atoms with van der Waals surface area (Å²) in [6.07, 6.45) is 2.37. The second-order valence-electron chi connectivity index (χ2n) is 4.20. The number of hydrogen-bond donors (Lipinski definition) is 3. The van der Waals surface area contributed by atoms with Gasteiger partial charge in [0.05, 0.1) is 12.1 Å². The molecule has 0 saturated carbocycles. The second kappa shape index (κ2) is 5.99. The number of rotatable bonds is 5. The SMILES string of the molecule is CCCNC(=O)CNc1ncnc2cc(N)ccc12. The van der Waals surface area contributed by atoms with E-state index in [-0.39, 0.29) is 12.5 Å². The highest BCUT2D eigenvalue weighted by molar-refractivity contribution is 5.92. The molecule has 100 valence electrons. The van der Waals surface area contributed by atoms with Crippen molar-refractivity contribution in [2.24, 2.45) is 0 Å². The number of aromatic nitrogens is 2. The molecule has 0 bridgehead atoms. The molecule has 19 heavy (non-hydrogen) atoms. The fourth-order valence-corrected chi connectivity index (χ4v) is 1.71. The molecule has 0 atom stereocenters. The van der Waals surface area contributed by atoms with E-state index in [0.29, 0.717) is 18.1 Å². The maximum atomic E-state index is 11.5. The van der Waals surface area contributed by atoms with Crippen LogP contribution in [0.2, 0.25) is 0 Å². The average molecular weight is 259 g/mol. The Hall–Kier alpha value is -2.37. The molecule has 4 N–H and O–H groups in total. The minimum Gasteiger partial charge on any atom is -0.399 e. The maximum Gasteiger partial charge on any atom is 0.239 e.